The molecule has 0 aliphatic carbocycles. The number of rotatable bonds is 4. The fraction of sp³-hybridized carbons (Fsp3) is 0.556. The Morgan fingerprint density at radius 3 is 2.67 bits per heavy atom. The molecule has 0 aliphatic rings. The van der Waals surface area contributed by atoms with Gasteiger partial charge in [0, 0.05) is 19.2 Å². The van der Waals surface area contributed by atoms with Crippen LogP contribution < -0.4 is 0 Å². The van der Waals surface area contributed by atoms with Crippen LogP contribution in [0.4, 0.5) is 13.2 Å². The van der Waals surface area contributed by atoms with E-state index < -0.39 is 11.7 Å². The van der Waals surface area contributed by atoms with Crippen LogP contribution in [0.3, 0.4) is 0 Å². The number of Topliss-reactive ketones (excluding diaryl/α,β-unsaturated/α-hetero) is 1. The van der Waals surface area contributed by atoms with E-state index in [1.54, 1.807) is 0 Å². The first kappa shape index (κ1) is 11.7. The van der Waals surface area contributed by atoms with E-state index in [4.69, 9.17) is 0 Å². The molecule has 0 saturated carbocycles. The lowest BCUT2D eigenvalue weighted by Crippen LogP contribution is -2.04. The highest BCUT2D eigenvalue weighted by molar-refractivity contribution is 5.75. The molecule has 1 aromatic heterocycles. The van der Waals surface area contributed by atoms with Crippen LogP contribution in [0.15, 0.2) is 12.4 Å². The first-order chi connectivity index (χ1) is 6.89. The zero-order valence-electron chi connectivity index (χ0n) is 8.21. The van der Waals surface area contributed by atoms with Crippen molar-refractivity contribution < 1.29 is 18.0 Å². The molecular weight excluding hydrogens is 209 g/mol. The number of aromatic nitrogens is 2. The number of hydrogen-bond donors (Lipinski definition) is 0. The number of ketones is 1. The number of carbonyl (C=O) groups is 1. The summed E-state index contributed by atoms with van der Waals surface area (Å²) in [5.74, 6) is 0.0261. The normalized spacial score (nSPS) is 11.7. The molecule has 0 amide bonds. The second-order valence-corrected chi connectivity index (χ2v) is 3.30. The highest BCUT2D eigenvalue weighted by Gasteiger charge is 2.31. The van der Waals surface area contributed by atoms with Crippen LogP contribution in [-0.2, 0) is 17.5 Å². The second-order valence-electron chi connectivity index (χ2n) is 3.30. The van der Waals surface area contributed by atoms with Gasteiger partial charge in [0.15, 0.2) is 0 Å². The molecule has 0 N–H and O–H groups in total. The molecule has 1 aromatic rings. The molecule has 0 atom stereocenters. The molecule has 3 nitrogen and oxygen atoms in total. The number of aryl methyl sites for hydroxylation is 1. The summed E-state index contributed by atoms with van der Waals surface area (Å²) in [5, 5.41) is 3.56. The van der Waals surface area contributed by atoms with Gasteiger partial charge in [-0.05, 0) is 13.3 Å². The minimum Gasteiger partial charge on any atom is -0.300 e. The molecule has 1 rings (SSSR count). The van der Waals surface area contributed by atoms with Gasteiger partial charge in [0.05, 0.1) is 11.8 Å². The lowest BCUT2D eigenvalue weighted by molar-refractivity contribution is -0.137. The Bertz CT molecular complexity index is 343. The predicted molar refractivity (Wildman–Crippen MR) is 47.1 cm³/mol. The Hall–Kier alpha value is -1.33. The van der Waals surface area contributed by atoms with Gasteiger partial charge in [0.1, 0.15) is 5.78 Å². The van der Waals surface area contributed by atoms with E-state index in [0.29, 0.717) is 19.4 Å². The van der Waals surface area contributed by atoms with Crippen molar-refractivity contribution in [3.05, 3.63) is 18.0 Å². The topological polar surface area (TPSA) is 34.9 Å². The van der Waals surface area contributed by atoms with Gasteiger partial charge in [-0.15, -0.1) is 0 Å². The van der Waals surface area contributed by atoms with Crippen LogP contribution >= 0.6 is 0 Å². The van der Waals surface area contributed by atoms with E-state index in [2.05, 4.69) is 5.10 Å². The summed E-state index contributed by atoms with van der Waals surface area (Å²) >= 11 is 0. The zero-order valence-corrected chi connectivity index (χ0v) is 8.21. The summed E-state index contributed by atoms with van der Waals surface area (Å²) in [4.78, 5) is 10.6. The van der Waals surface area contributed by atoms with Crippen LogP contribution in [0.25, 0.3) is 0 Å². The number of carbonyl (C=O) groups excluding carboxylic acids is 1. The minimum absolute atomic E-state index is 0.0261. The fourth-order valence-electron chi connectivity index (χ4n) is 1.12. The van der Waals surface area contributed by atoms with Crippen molar-refractivity contribution in [3.63, 3.8) is 0 Å². The smallest absolute Gasteiger partial charge is 0.300 e. The Kier molecular flexibility index (Phi) is 3.49. The van der Waals surface area contributed by atoms with E-state index in [-0.39, 0.29) is 5.78 Å². The molecule has 0 saturated heterocycles. The first-order valence-corrected chi connectivity index (χ1v) is 4.48. The predicted octanol–water partition coefficient (Wildman–Crippen LogP) is 2.27. The summed E-state index contributed by atoms with van der Waals surface area (Å²) in [6, 6.07) is 0. The molecule has 0 unspecified atom stereocenters. The maximum Gasteiger partial charge on any atom is 0.419 e. The van der Waals surface area contributed by atoms with Crippen LogP contribution in [-0.4, -0.2) is 15.6 Å². The molecule has 1 heterocycles. The number of alkyl halides is 3. The Balaban J connectivity index is 2.50. The number of halogens is 3. The molecule has 0 aromatic carbocycles. The Morgan fingerprint density at radius 2 is 2.20 bits per heavy atom. The molecule has 0 aliphatic heterocycles. The van der Waals surface area contributed by atoms with Crippen molar-refractivity contribution in [3.8, 4) is 0 Å². The van der Waals surface area contributed by atoms with Crippen molar-refractivity contribution in [1.82, 2.24) is 9.78 Å². The van der Waals surface area contributed by atoms with Crippen molar-refractivity contribution in [2.24, 2.45) is 0 Å². The molecule has 0 bridgehead atoms. The maximum atomic E-state index is 12.1. The number of hydrogen-bond acceptors (Lipinski definition) is 2. The highest BCUT2D eigenvalue weighted by atomic mass is 19.4. The molecule has 0 fully saturated rings. The van der Waals surface area contributed by atoms with Gasteiger partial charge in [-0.1, -0.05) is 0 Å². The third-order valence-electron chi connectivity index (χ3n) is 1.88. The first-order valence-electron chi connectivity index (χ1n) is 4.48. The van der Waals surface area contributed by atoms with Gasteiger partial charge < -0.3 is 4.79 Å². The summed E-state index contributed by atoms with van der Waals surface area (Å²) in [6.45, 7) is 1.78. The van der Waals surface area contributed by atoms with Gasteiger partial charge in [-0.3, -0.25) is 4.68 Å². The average molecular weight is 220 g/mol. The lowest BCUT2D eigenvalue weighted by Gasteiger charge is -2.01. The largest absolute Gasteiger partial charge is 0.419 e. The van der Waals surface area contributed by atoms with E-state index in [1.807, 2.05) is 0 Å². The van der Waals surface area contributed by atoms with E-state index in [9.17, 15) is 18.0 Å². The molecular formula is C9H11F3N2O. The van der Waals surface area contributed by atoms with Gasteiger partial charge in [0.2, 0.25) is 0 Å². The van der Waals surface area contributed by atoms with E-state index in [1.165, 1.54) is 11.6 Å². The molecule has 0 spiro atoms. The highest BCUT2D eigenvalue weighted by Crippen LogP contribution is 2.28. The van der Waals surface area contributed by atoms with Crippen LogP contribution in [0.1, 0.15) is 25.3 Å². The quantitative estimate of drug-likeness (QED) is 0.780. The van der Waals surface area contributed by atoms with Gasteiger partial charge >= 0.3 is 6.18 Å². The monoisotopic (exact) mass is 220 g/mol. The minimum atomic E-state index is -4.35. The van der Waals surface area contributed by atoms with Crippen molar-refractivity contribution >= 4 is 5.78 Å². The van der Waals surface area contributed by atoms with Crippen molar-refractivity contribution in [1.29, 1.82) is 0 Å². The van der Waals surface area contributed by atoms with Gasteiger partial charge in [-0.2, -0.15) is 18.3 Å². The van der Waals surface area contributed by atoms with Gasteiger partial charge in [0.25, 0.3) is 0 Å². The number of nitrogens with zero attached hydrogens (tertiary/aromatic N) is 2. The van der Waals surface area contributed by atoms with Crippen LogP contribution in [0.5, 0.6) is 0 Å². The summed E-state index contributed by atoms with van der Waals surface area (Å²) in [5.41, 5.74) is -0.759. The average Bonchev–Trinajstić information content (AvgIpc) is 2.51. The summed E-state index contributed by atoms with van der Waals surface area (Å²) in [6.07, 6.45) is -1.75. The lowest BCUT2D eigenvalue weighted by atomic mass is 10.2. The molecule has 84 valence electrons. The second kappa shape index (κ2) is 4.46. The van der Waals surface area contributed by atoms with Crippen molar-refractivity contribution in [2.75, 3.05) is 0 Å². The van der Waals surface area contributed by atoms with E-state index >= 15 is 0 Å². The van der Waals surface area contributed by atoms with Gasteiger partial charge in [-0.25, -0.2) is 0 Å². The summed E-state index contributed by atoms with van der Waals surface area (Å²) in [7, 11) is 0. The third-order valence-corrected chi connectivity index (χ3v) is 1.88. The fourth-order valence-corrected chi connectivity index (χ4v) is 1.12. The van der Waals surface area contributed by atoms with Crippen LogP contribution in [0.2, 0.25) is 0 Å². The molecule has 15 heavy (non-hydrogen) atoms. The van der Waals surface area contributed by atoms with E-state index in [0.717, 1.165) is 12.4 Å². The Morgan fingerprint density at radius 1 is 1.53 bits per heavy atom. The molecule has 6 heteroatoms. The maximum absolute atomic E-state index is 12.1. The standard InChI is InChI=1S/C9H11F3N2O/c1-7(15)3-2-4-14-6-8(5-13-14)9(10,11)12/h5-6H,2-4H2,1H3. The Labute approximate surface area is 84.9 Å². The SMILES string of the molecule is CC(=O)CCCn1cc(C(F)(F)F)cn1. The van der Waals surface area contributed by atoms with Crippen LogP contribution in [0, 0.1) is 0 Å². The van der Waals surface area contributed by atoms with Crippen molar-refractivity contribution in [2.45, 2.75) is 32.5 Å². The summed E-state index contributed by atoms with van der Waals surface area (Å²) < 4.78 is 37.6. The zero-order chi connectivity index (χ0) is 11.5. The third kappa shape index (κ3) is 3.73. The molecule has 0 radical (unpaired) electrons.